The second kappa shape index (κ2) is 16.1. The molecule has 1 aliphatic heterocycles. The van der Waals surface area contributed by atoms with Crippen LogP contribution < -0.4 is 9.80 Å². The molecule has 1 fully saturated rings. The number of anilines is 2. The minimum atomic E-state index is -0.250. The summed E-state index contributed by atoms with van der Waals surface area (Å²) in [4.78, 5) is 5.05. The summed E-state index contributed by atoms with van der Waals surface area (Å²) in [5, 5.41) is 9.17. The number of para-hydroxylation sites is 1. The third-order valence-electron chi connectivity index (χ3n) is 7.63. The Hall–Kier alpha value is -2.16. The zero-order valence-corrected chi connectivity index (χ0v) is 30.1. The smallest absolute Gasteiger partial charge is 0.358 e. The first kappa shape index (κ1) is 36.0. The SMILES string of the molecule is Cc1cc(C(C)C)c(N2[CH-]N(c3c(C(C)C)cc(C)cc3C(C)C)CC2)c(C(C)C)c1.Oc1ccccc1[CH]=[Ru][Cl].[CH3-]. The predicted octanol–water partition coefficient (Wildman–Crippen LogP) is 10.5. The number of phenolic OH excluding ortho intramolecular Hbond substituents is 1. The number of rotatable bonds is 7. The Morgan fingerprint density at radius 1 is 0.714 bits per heavy atom. The number of nitrogens with zero attached hydrogens (tertiary/aromatic N) is 2. The molecule has 42 heavy (non-hydrogen) atoms. The molecule has 0 amide bonds. The second-order valence-electron chi connectivity index (χ2n) is 12.4. The summed E-state index contributed by atoms with van der Waals surface area (Å²) in [6, 6.07) is 16.7. The van der Waals surface area contributed by atoms with Gasteiger partial charge >= 0.3 is 70.7 Å². The van der Waals surface area contributed by atoms with Crippen LogP contribution in [0.5, 0.6) is 5.75 Å². The summed E-state index contributed by atoms with van der Waals surface area (Å²) in [5.74, 6) is 2.33. The van der Waals surface area contributed by atoms with E-state index in [9.17, 15) is 0 Å². The van der Waals surface area contributed by atoms with Crippen LogP contribution in [0.15, 0.2) is 48.5 Å². The Bertz CT molecular complexity index is 1210. The Morgan fingerprint density at radius 3 is 1.38 bits per heavy atom. The Balaban J connectivity index is 0.000000475. The standard InChI is InChI=1S/C29H43N2.C7H6O.CH3.ClH.Ru/c1-18(2)24-13-22(9)14-25(19(3)4)28(24)30-11-12-31(17-30)29-26(20(5)6)15-23(10)16-27(29)21(7)8;1-6-4-2-3-5-7(6)8;;;/h13-21H,11-12H2,1-10H3;1-5,8H;1H3;1H;/q-1;;-1;;+1/p-1. The van der Waals surface area contributed by atoms with Gasteiger partial charge in [-0.3, -0.25) is 0 Å². The Labute approximate surface area is 268 Å². The van der Waals surface area contributed by atoms with Crippen molar-refractivity contribution in [1.82, 2.24) is 0 Å². The molecule has 4 rings (SSSR count). The minimum absolute atomic E-state index is 0. The van der Waals surface area contributed by atoms with Crippen LogP contribution in [0.25, 0.3) is 0 Å². The largest absolute Gasteiger partial charge is 0.358 e. The molecule has 3 nitrogen and oxygen atoms in total. The van der Waals surface area contributed by atoms with Crippen molar-refractivity contribution in [2.45, 2.75) is 92.9 Å². The average Bonchev–Trinajstić information content (AvgIpc) is 3.38. The predicted molar refractivity (Wildman–Crippen MR) is 183 cm³/mol. The van der Waals surface area contributed by atoms with Gasteiger partial charge < -0.3 is 17.2 Å². The molecule has 1 N–H and O–H groups in total. The zero-order chi connectivity index (χ0) is 30.4. The molecule has 0 aliphatic carbocycles. The van der Waals surface area contributed by atoms with Crippen molar-refractivity contribution in [3.8, 4) is 5.75 Å². The Morgan fingerprint density at radius 2 is 1.07 bits per heavy atom. The van der Waals surface area contributed by atoms with E-state index in [2.05, 4.69) is 110 Å². The molecule has 3 aromatic carbocycles. The van der Waals surface area contributed by atoms with E-state index in [4.69, 9.17) is 14.8 Å². The van der Waals surface area contributed by atoms with Crippen LogP contribution in [-0.4, -0.2) is 22.8 Å². The van der Waals surface area contributed by atoms with Crippen molar-refractivity contribution in [3.05, 3.63) is 102 Å². The van der Waals surface area contributed by atoms with Crippen molar-refractivity contribution >= 4 is 25.7 Å². The molecule has 0 bridgehead atoms. The van der Waals surface area contributed by atoms with Crippen LogP contribution in [-0.2, 0) is 15.7 Å². The topological polar surface area (TPSA) is 26.7 Å². The number of phenols is 1. The van der Waals surface area contributed by atoms with E-state index in [1.165, 1.54) is 44.8 Å². The number of hydrogen-bond donors (Lipinski definition) is 1. The van der Waals surface area contributed by atoms with Gasteiger partial charge in [-0.05, 0) is 59.8 Å². The molecule has 1 saturated heterocycles. The summed E-state index contributed by atoms with van der Waals surface area (Å²) in [5.41, 5.74) is 12.3. The van der Waals surface area contributed by atoms with Gasteiger partial charge in [0.1, 0.15) is 0 Å². The monoisotopic (exact) mass is 677 g/mol. The zero-order valence-electron chi connectivity index (χ0n) is 27.6. The summed E-state index contributed by atoms with van der Waals surface area (Å²) < 4.78 is 1.85. The van der Waals surface area contributed by atoms with Crippen molar-refractivity contribution in [2.24, 2.45) is 0 Å². The van der Waals surface area contributed by atoms with Crippen LogP contribution in [0.4, 0.5) is 11.4 Å². The first-order valence-electron chi connectivity index (χ1n) is 14.9. The maximum Gasteiger partial charge on any atom is -0.358 e. The van der Waals surface area contributed by atoms with Crippen LogP contribution in [0.1, 0.15) is 118 Å². The summed E-state index contributed by atoms with van der Waals surface area (Å²) in [6.45, 7) is 27.5. The van der Waals surface area contributed by atoms with Gasteiger partial charge in [0.05, 0.1) is 0 Å². The van der Waals surface area contributed by atoms with E-state index in [-0.39, 0.29) is 23.1 Å². The summed E-state index contributed by atoms with van der Waals surface area (Å²) in [6.07, 6.45) is 0. The number of hydrogen-bond acceptors (Lipinski definition) is 3. The average molecular weight is 677 g/mol. The van der Waals surface area contributed by atoms with E-state index in [0.29, 0.717) is 29.4 Å². The van der Waals surface area contributed by atoms with Crippen LogP contribution in [0.2, 0.25) is 0 Å². The molecule has 5 heteroatoms. The first-order chi connectivity index (χ1) is 19.3. The molecule has 0 atom stereocenters. The molecule has 1 aliphatic rings. The van der Waals surface area contributed by atoms with Crippen LogP contribution >= 0.6 is 9.69 Å². The van der Waals surface area contributed by atoms with Crippen molar-refractivity contribution in [3.63, 3.8) is 0 Å². The first-order valence-corrected chi connectivity index (χ1v) is 18.1. The number of halogens is 1. The van der Waals surface area contributed by atoms with E-state index in [0.717, 1.165) is 18.7 Å². The van der Waals surface area contributed by atoms with E-state index in [1.54, 1.807) is 12.1 Å². The fourth-order valence-electron chi connectivity index (χ4n) is 5.55. The van der Waals surface area contributed by atoms with Crippen molar-refractivity contribution in [2.75, 3.05) is 22.9 Å². The molecule has 0 spiro atoms. The molecule has 1 heterocycles. The van der Waals surface area contributed by atoms with Gasteiger partial charge in [0.25, 0.3) is 0 Å². The van der Waals surface area contributed by atoms with Gasteiger partial charge in [0.2, 0.25) is 0 Å². The van der Waals surface area contributed by atoms with Gasteiger partial charge in [-0.15, -0.1) is 0 Å². The molecular formula is C37H52ClN2ORu-2. The van der Waals surface area contributed by atoms with Crippen LogP contribution in [0, 0.1) is 27.9 Å². The molecule has 0 radical (unpaired) electrons. The summed E-state index contributed by atoms with van der Waals surface area (Å²) >= 11 is -0.250. The van der Waals surface area contributed by atoms with E-state index >= 15 is 0 Å². The quantitative estimate of drug-likeness (QED) is 0.199. The normalized spacial score (nSPS) is 13.6. The van der Waals surface area contributed by atoms with Gasteiger partial charge in [-0.25, -0.2) is 0 Å². The molecular weight excluding hydrogens is 625 g/mol. The van der Waals surface area contributed by atoms with Gasteiger partial charge in [-0.2, -0.15) is 6.67 Å². The van der Waals surface area contributed by atoms with Gasteiger partial charge in [-0.1, -0.05) is 90.8 Å². The van der Waals surface area contributed by atoms with Gasteiger partial charge in [0.15, 0.2) is 0 Å². The van der Waals surface area contributed by atoms with Crippen LogP contribution in [0.3, 0.4) is 0 Å². The van der Waals surface area contributed by atoms with E-state index in [1.807, 2.05) is 16.7 Å². The number of benzene rings is 3. The fourth-order valence-corrected chi connectivity index (χ4v) is 6.67. The maximum atomic E-state index is 9.17. The molecule has 0 aromatic heterocycles. The third kappa shape index (κ3) is 8.70. The maximum absolute atomic E-state index is 9.17. The fraction of sp³-hybridized carbons (Fsp3) is 0.432. The van der Waals surface area contributed by atoms with Crippen molar-refractivity contribution in [1.29, 1.82) is 0 Å². The van der Waals surface area contributed by atoms with Crippen molar-refractivity contribution < 1.29 is 20.8 Å². The molecule has 0 unspecified atom stereocenters. The molecule has 233 valence electrons. The molecule has 0 saturated carbocycles. The number of aryl methyl sites for hydroxylation is 2. The number of aromatic hydroxyl groups is 1. The van der Waals surface area contributed by atoms with Gasteiger partial charge in [0, 0.05) is 24.5 Å². The Kier molecular flexibility index (Phi) is 13.8. The molecule has 3 aromatic rings. The minimum Gasteiger partial charge on any atom is -0.358 e. The summed E-state index contributed by atoms with van der Waals surface area (Å²) in [7, 11) is 5.53. The second-order valence-corrected chi connectivity index (χ2v) is 14.2. The van der Waals surface area contributed by atoms with E-state index < -0.39 is 0 Å². The third-order valence-corrected chi connectivity index (χ3v) is 8.82.